The molecular weight excluding hydrogens is 507 g/mol. The van der Waals surface area contributed by atoms with Gasteiger partial charge in [-0.1, -0.05) is 30.3 Å². The van der Waals surface area contributed by atoms with Crippen molar-refractivity contribution in [2.45, 2.75) is 49.6 Å². The molecule has 1 aliphatic carbocycles. The summed E-state index contributed by atoms with van der Waals surface area (Å²) in [5.74, 6) is -6.17. The molecule has 1 saturated carbocycles. The van der Waals surface area contributed by atoms with Gasteiger partial charge in [-0.2, -0.15) is 8.78 Å². The van der Waals surface area contributed by atoms with Gasteiger partial charge in [-0.05, 0) is 48.9 Å². The highest BCUT2D eigenvalue weighted by molar-refractivity contribution is 7.89. The number of piperidine rings is 1. The van der Waals surface area contributed by atoms with Crippen LogP contribution >= 0.6 is 0 Å². The van der Waals surface area contributed by atoms with Crippen LogP contribution in [0.25, 0.3) is 11.1 Å². The number of nitrogens with zero attached hydrogens (tertiary/aromatic N) is 1. The van der Waals surface area contributed by atoms with Crippen molar-refractivity contribution in [3.8, 4) is 11.1 Å². The molecule has 1 aliphatic heterocycles. The number of benzene rings is 2. The summed E-state index contributed by atoms with van der Waals surface area (Å²) in [7, 11) is -4.97. The minimum absolute atomic E-state index is 0.0308. The first kappa shape index (κ1) is 26.5. The topological polar surface area (TPSA) is 86.7 Å². The number of nitrogens with one attached hydrogen (secondary N) is 1. The Kier molecular flexibility index (Phi) is 7.40. The lowest BCUT2D eigenvalue weighted by atomic mass is 9.82. The van der Waals surface area contributed by atoms with E-state index in [2.05, 4.69) is 0 Å². The summed E-state index contributed by atoms with van der Waals surface area (Å²) in [6.07, 6.45) is -1.67. The molecule has 2 aromatic carbocycles. The van der Waals surface area contributed by atoms with E-state index in [9.17, 15) is 35.9 Å². The predicted octanol–water partition coefficient (Wildman–Crippen LogP) is 3.40. The zero-order valence-corrected chi connectivity index (χ0v) is 19.8. The zero-order valence-electron chi connectivity index (χ0n) is 19.0. The largest absolute Gasteiger partial charge is 0.381 e. The molecule has 1 saturated heterocycles. The maximum absolute atomic E-state index is 15.5. The number of aliphatic hydroxyl groups excluding tert-OH is 1. The number of hydrogen-bond donors (Lipinski definition) is 2. The average Bonchev–Trinajstić information content (AvgIpc) is 3.62. The van der Waals surface area contributed by atoms with Crippen LogP contribution in [0.4, 0.5) is 22.0 Å². The number of rotatable bonds is 8. The predicted molar refractivity (Wildman–Crippen MR) is 121 cm³/mol. The van der Waals surface area contributed by atoms with Gasteiger partial charge in [-0.15, -0.1) is 0 Å². The van der Waals surface area contributed by atoms with E-state index in [0.717, 1.165) is 17.0 Å². The van der Waals surface area contributed by atoms with E-state index in [1.165, 1.54) is 0 Å². The van der Waals surface area contributed by atoms with Crippen LogP contribution in [-0.4, -0.2) is 61.5 Å². The lowest BCUT2D eigenvalue weighted by molar-refractivity contribution is -0.147. The quantitative estimate of drug-likeness (QED) is 0.511. The molecule has 2 aromatic rings. The van der Waals surface area contributed by atoms with Crippen LogP contribution in [0.1, 0.15) is 24.8 Å². The van der Waals surface area contributed by atoms with Crippen LogP contribution < -0.4 is 4.72 Å². The maximum Gasteiger partial charge on any atom is 0.350 e. The van der Waals surface area contributed by atoms with Crippen molar-refractivity contribution in [2.75, 3.05) is 13.2 Å². The molecule has 1 spiro atoms. The molecule has 0 unspecified atom stereocenters. The Labute approximate surface area is 205 Å². The first-order chi connectivity index (χ1) is 17.0. The SMILES string of the molecule is O=C([C@H](O)CF)N1CC2(CC2)[C@H](NS(=O)(=O)C(F)F)C[C@@H]1Cc1cc(F)cc(-c2ccccc2)c1F. The summed E-state index contributed by atoms with van der Waals surface area (Å²) in [6, 6.07) is 8.11. The lowest BCUT2D eigenvalue weighted by Gasteiger charge is -2.45. The van der Waals surface area contributed by atoms with E-state index in [1.807, 2.05) is 4.72 Å². The van der Waals surface area contributed by atoms with Crippen LogP contribution in [0.15, 0.2) is 42.5 Å². The number of carbonyl (C=O) groups is 1. The van der Waals surface area contributed by atoms with Crippen molar-refractivity contribution in [1.82, 2.24) is 9.62 Å². The Balaban J connectivity index is 1.70. The molecule has 36 heavy (non-hydrogen) atoms. The van der Waals surface area contributed by atoms with E-state index in [1.54, 1.807) is 30.3 Å². The van der Waals surface area contributed by atoms with E-state index < -0.39 is 63.6 Å². The molecule has 6 nitrogen and oxygen atoms in total. The van der Waals surface area contributed by atoms with Crippen LogP contribution in [0.5, 0.6) is 0 Å². The number of hydrogen-bond acceptors (Lipinski definition) is 4. The Morgan fingerprint density at radius 2 is 1.83 bits per heavy atom. The molecule has 0 aromatic heterocycles. The summed E-state index contributed by atoms with van der Waals surface area (Å²) in [5, 5.41) is 9.86. The fourth-order valence-corrected chi connectivity index (χ4v) is 5.75. The second-order valence-electron chi connectivity index (χ2n) is 9.36. The van der Waals surface area contributed by atoms with Crippen LogP contribution in [0.2, 0.25) is 0 Å². The third-order valence-electron chi connectivity index (χ3n) is 6.97. The fourth-order valence-electron chi connectivity index (χ4n) is 4.90. The van der Waals surface area contributed by atoms with Crippen molar-refractivity contribution in [3.63, 3.8) is 0 Å². The first-order valence-electron chi connectivity index (χ1n) is 11.3. The highest BCUT2D eigenvalue weighted by Gasteiger charge is 2.57. The van der Waals surface area contributed by atoms with Gasteiger partial charge in [-0.25, -0.2) is 26.3 Å². The summed E-state index contributed by atoms with van der Waals surface area (Å²) >= 11 is 0. The molecule has 1 heterocycles. The summed E-state index contributed by atoms with van der Waals surface area (Å²) < 4.78 is 95.1. The molecule has 0 radical (unpaired) electrons. The van der Waals surface area contributed by atoms with E-state index in [-0.39, 0.29) is 30.5 Å². The summed E-state index contributed by atoms with van der Waals surface area (Å²) in [6.45, 7) is -1.52. The lowest BCUT2D eigenvalue weighted by Crippen LogP contribution is -2.60. The van der Waals surface area contributed by atoms with Gasteiger partial charge >= 0.3 is 5.76 Å². The van der Waals surface area contributed by atoms with Crippen molar-refractivity contribution < 1.29 is 40.3 Å². The van der Waals surface area contributed by atoms with Crippen LogP contribution in [0, 0.1) is 17.0 Å². The van der Waals surface area contributed by atoms with E-state index in [4.69, 9.17) is 0 Å². The third-order valence-corrected chi connectivity index (χ3v) is 8.06. The maximum atomic E-state index is 15.5. The molecule has 0 bridgehead atoms. The Hall–Kier alpha value is -2.57. The molecule has 2 aliphatic rings. The van der Waals surface area contributed by atoms with Crippen molar-refractivity contribution in [2.24, 2.45) is 5.41 Å². The fraction of sp³-hybridized carbons (Fsp3) is 0.458. The third kappa shape index (κ3) is 5.25. The monoisotopic (exact) mass is 532 g/mol. The molecule has 12 heteroatoms. The van der Waals surface area contributed by atoms with Gasteiger partial charge in [0.2, 0.25) is 0 Å². The van der Waals surface area contributed by atoms with Gasteiger partial charge < -0.3 is 10.0 Å². The van der Waals surface area contributed by atoms with Gasteiger partial charge in [-0.3, -0.25) is 4.79 Å². The number of aliphatic hydroxyl groups is 1. The molecule has 4 rings (SSSR count). The number of carbonyl (C=O) groups excluding carboxylic acids is 1. The summed E-state index contributed by atoms with van der Waals surface area (Å²) in [5.41, 5.74) is -0.621. The molecule has 3 atom stereocenters. The van der Waals surface area contributed by atoms with Crippen molar-refractivity contribution in [1.29, 1.82) is 0 Å². The Morgan fingerprint density at radius 1 is 1.17 bits per heavy atom. The zero-order chi connectivity index (χ0) is 26.3. The standard InChI is InChI=1S/C24H25F5N2O4S/c25-12-19(32)22(33)31-13-24(6-7-24)20(30-36(34,35)23(28)29)11-17(31)9-15-8-16(26)10-18(21(15)27)14-4-2-1-3-5-14/h1-5,8,10,17,19-20,23,30,32H,6-7,9,11-13H2/t17-,19+,20+/m0/s1. The number of sulfonamides is 1. The normalized spacial score (nSPS) is 22.1. The number of alkyl halides is 3. The van der Waals surface area contributed by atoms with E-state index in [0.29, 0.717) is 18.4 Å². The smallest absolute Gasteiger partial charge is 0.350 e. The second kappa shape index (κ2) is 10.1. The van der Waals surface area contributed by atoms with Gasteiger partial charge in [0.25, 0.3) is 15.9 Å². The van der Waals surface area contributed by atoms with E-state index >= 15 is 4.39 Å². The van der Waals surface area contributed by atoms with Crippen molar-refractivity contribution in [3.05, 3.63) is 59.7 Å². The minimum atomic E-state index is -4.97. The second-order valence-corrected chi connectivity index (χ2v) is 11.0. The molecule has 196 valence electrons. The molecule has 2 N–H and O–H groups in total. The van der Waals surface area contributed by atoms with Gasteiger partial charge in [0, 0.05) is 29.6 Å². The number of likely N-dealkylation sites (tertiary alicyclic amines) is 1. The average molecular weight is 533 g/mol. The first-order valence-corrected chi connectivity index (χ1v) is 12.9. The molecule has 2 fully saturated rings. The molecular formula is C24H25F5N2O4S. The minimum Gasteiger partial charge on any atom is -0.381 e. The van der Waals surface area contributed by atoms with Gasteiger partial charge in [0.1, 0.15) is 18.3 Å². The van der Waals surface area contributed by atoms with Crippen molar-refractivity contribution >= 4 is 15.9 Å². The van der Waals surface area contributed by atoms with Gasteiger partial charge in [0.15, 0.2) is 6.10 Å². The number of amides is 1. The molecule has 1 amide bonds. The highest BCUT2D eigenvalue weighted by atomic mass is 32.2. The van der Waals surface area contributed by atoms with Gasteiger partial charge in [0.05, 0.1) is 0 Å². The van der Waals surface area contributed by atoms with Crippen LogP contribution in [-0.2, 0) is 21.2 Å². The highest BCUT2D eigenvalue weighted by Crippen LogP contribution is 2.54. The number of halogens is 5. The summed E-state index contributed by atoms with van der Waals surface area (Å²) in [4.78, 5) is 13.9. The van der Waals surface area contributed by atoms with Crippen LogP contribution in [0.3, 0.4) is 0 Å². The Morgan fingerprint density at radius 3 is 2.42 bits per heavy atom. The Bertz CT molecular complexity index is 1220.